The molecule has 0 aliphatic rings. The highest BCUT2D eigenvalue weighted by Gasteiger charge is 2.17. The van der Waals surface area contributed by atoms with Crippen molar-refractivity contribution in [2.75, 3.05) is 0 Å². The van der Waals surface area contributed by atoms with Crippen molar-refractivity contribution in [3.05, 3.63) is 83.7 Å². The van der Waals surface area contributed by atoms with Gasteiger partial charge in [0.25, 0.3) is 0 Å². The summed E-state index contributed by atoms with van der Waals surface area (Å²) in [6, 6.07) is 10.9. The van der Waals surface area contributed by atoms with E-state index in [1.54, 1.807) is 35.7 Å². The van der Waals surface area contributed by atoms with Crippen molar-refractivity contribution in [3.8, 4) is 0 Å². The Hall–Kier alpha value is -2.66. The molecule has 23 heavy (non-hydrogen) atoms. The number of halogens is 1. The van der Waals surface area contributed by atoms with Crippen molar-refractivity contribution in [1.29, 1.82) is 0 Å². The normalized spacial score (nSPS) is 11.9. The summed E-state index contributed by atoms with van der Waals surface area (Å²) in [5.41, 5.74) is 1.86. The minimum atomic E-state index is -0.281. The number of nitrogens with zero attached hydrogens (tertiary/aromatic N) is 3. The molecule has 3 rings (SSSR count). The lowest BCUT2D eigenvalue weighted by Gasteiger charge is -2.19. The third kappa shape index (κ3) is 3.96. The van der Waals surface area contributed by atoms with Gasteiger partial charge in [-0.25, -0.2) is 4.98 Å². The average molecular weight is 327 g/mol. The fourth-order valence-electron chi connectivity index (χ4n) is 2.31. The van der Waals surface area contributed by atoms with Gasteiger partial charge in [-0.05, 0) is 29.3 Å². The lowest BCUT2D eigenvalue weighted by molar-refractivity contribution is -0.122. The number of aromatic nitrogens is 3. The van der Waals surface area contributed by atoms with Crippen molar-refractivity contribution < 1.29 is 4.79 Å². The SMILES string of the molecule is O=C(Cn1ccnc1)N[C@@H](c1ccc(Cl)cc1)c1cccnc1. The maximum absolute atomic E-state index is 12.3. The van der Waals surface area contributed by atoms with E-state index in [-0.39, 0.29) is 18.5 Å². The van der Waals surface area contributed by atoms with Crippen molar-refractivity contribution in [2.24, 2.45) is 0 Å². The van der Waals surface area contributed by atoms with Gasteiger partial charge in [-0.3, -0.25) is 9.78 Å². The molecule has 0 saturated carbocycles. The molecule has 0 spiro atoms. The molecule has 3 aromatic rings. The van der Waals surface area contributed by atoms with Gasteiger partial charge in [0, 0.05) is 29.8 Å². The highest BCUT2D eigenvalue weighted by molar-refractivity contribution is 6.30. The fraction of sp³-hybridized carbons (Fsp3) is 0.118. The van der Waals surface area contributed by atoms with Crippen LogP contribution < -0.4 is 5.32 Å². The van der Waals surface area contributed by atoms with Gasteiger partial charge in [0.1, 0.15) is 6.54 Å². The number of carbonyl (C=O) groups excluding carboxylic acids is 1. The standard InChI is InChI=1S/C17H15ClN4O/c18-15-5-3-13(4-6-15)17(14-2-1-7-19-10-14)21-16(23)11-22-9-8-20-12-22/h1-10,12,17H,11H2,(H,21,23)/t17-/m0/s1. The van der Waals surface area contributed by atoms with Crippen LogP contribution in [0.15, 0.2) is 67.5 Å². The summed E-state index contributed by atoms with van der Waals surface area (Å²) in [4.78, 5) is 20.4. The fourth-order valence-corrected chi connectivity index (χ4v) is 2.44. The Morgan fingerprint density at radius 3 is 2.61 bits per heavy atom. The van der Waals surface area contributed by atoms with E-state index in [2.05, 4.69) is 15.3 Å². The molecule has 0 radical (unpaired) electrons. The lowest BCUT2D eigenvalue weighted by Crippen LogP contribution is -2.32. The molecule has 6 heteroatoms. The van der Waals surface area contributed by atoms with E-state index in [4.69, 9.17) is 11.6 Å². The van der Waals surface area contributed by atoms with E-state index in [0.717, 1.165) is 11.1 Å². The maximum atomic E-state index is 12.3. The summed E-state index contributed by atoms with van der Waals surface area (Å²) < 4.78 is 1.72. The van der Waals surface area contributed by atoms with E-state index in [0.29, 0.717) is 5.02 Å². The Bertz CT molecular complexity index is 757. The number of pyridine rings is 1. The molecular formula is C17H15ClN4O. The number of rotatable bonds is 5. The average Bonchev–Trinajstić information content (AvgIpc) is 3.07. The molecule has 0 aliphatic carbocycles. The number of hydrogen-bond acceptors (Lipinski definition) is 3. The van der Waals surface area contributed by atoms with Crippen LogP contribution in [0.25, 0.3) is 0 Å². The summed E-state index contributed by atoms with van der Waals surface area (Å²) in [5, 5.41) is 3.69. The Morgan fingerprint density at radius 2 is 1.96 bits per heavy atom. The maximum Gasteiger partial charge on any atom is 0.240 e. The number of nitrogens with one attached hydrogen (secondary N) is 1. The molecule has 0 saturated heterocycles. The summed E-state index contributed by atoms with van der Waals surface area (Å²) in [5.74, 6) is -0.105. The Labute approximate surface area is 139 Å². The van der Waals surface area contributed by atoms with Crippen LogP contribution in [0.3, 0.4) is 0 Å². The van der Waals surface area contributed by atoms with Crippen LogP contribution in [0.2, 0.25) is 5.02 Å². The van der Waals surface area contributed by atoms with Crippen LogP contribution in [0.1, 0.15) is 17.2 Å². The molecule has 5 nitrogen and oxygen atoms in total. The van der Waals surface area contributed by atoms with Crippen molar-refractivity contribution in [1.82, 2.24) is 19.9 Å². The van der Waals surface area contributed by atoms with Crippen LogP contribution in [-0.4, -0.2) is 20.4 Å². The van der Waals surface area contributed by atoms with Crippen LogP contribution in [0.4, 0.5) is 0 Å². The molecule has 1 N–H and O–H groups in total. The first-order valence-corrected chi connectivity index (χ1v) is 7.50. The number of carbonyl (C=O) groups is 1. The van der Waals surface area contributed by atoms with E-state index in [1.165, 1.54) is 0 Å². The molecular weight excluding hydrogens is 312 g/mol. The van der Waals surface area contributed by atoms with Gasteiger partial charge in [-0.15, -0.1) is 0 Å². The first-order chi connectivity index (χ1) is 11.2. The van der Waals surface area contributed by atoms with E-state index in [1.807, 2.05) is 36.4 Å². The van der Waals surface area contributed by atoms with Gasteiger partial charge in [0.2, 0.25) is 5.91 Å². The van der Waals surface area contributed by atoms with Crippen molar-refractivity contribution >= 4 is 17.5 Å². The van der Waals surface area contributed by atoms with Crippen LogP contribution in [0.5, 0.6) is 0 Å². The van der Waals surface area contributed by atoms with E-state index in [9.17, 15) is 4.79 Å². The smallest absolute Gasteiger partial charge is 0.240 e. The number of imidazole rings is 1. The molecule has 0 fully saturated rings. The molecule has 1 atom stereocenters. The quantitative estimate of drug-likeness (QED) is 0.784. The largest absolute Gasteiger partial charge is 0.344 e. The van der Waals surface area contributed by atoms with E-state index >= 15 is 0 Å². The van der Waals surface area contributed by atoms with Gasteiger partial charge in [0.15, 0.2) is 0 Å². The zero-order valence-corrected chi connectivity index (χ0v) is 13.0. The topological polar surface area (TPSA) is 59.8 Å². The second-order valence-corrected chi connectivity index (χ2v) is 5.51. The van der Waals surface area contributed by atoms with E-state index < -0.39 is 0 Å². The Balaban J connectivity index is 1.83. The molecule has 0 bridgehead atoms. The summed E-state index contributed by atoms with van der Waals surface area (Å²) in [7, 11) is 0. The molecule has 2 heterocycles. The minimum Gasteiger partial charge on any atom is -0.344 e. The van der Waals surface area contributed by atoms with Gasteiger partial charge in [-0.1, -0.05) is 29.8 Å². The summed E-state index contributed by atoms with van der Waals surface area (Å²) >= 11 is 5.95. The number of amides is 1. The zero-order valence-electron chi connectivity index (χ0n) is 12.3. The van der Waals surface area contributed by atoms with Gasteiger partial charge in [-0.2, -0.15) is 0 Å². The van der Waals surface area contributed by atoms with Crippen molar-refractivity contribution in [2.45, 2.75) is 12.6 Å². The Kier molecular flexibility index (Phi) is 4.68. The first-order valence-electron chi connectivity index (χ1n) is 7.13. The second kappa shape index (κ2) is 7.07. The summed E-state index contributed by atoms with van der Waals surface area (Å²) in [6.45, 7) is 0.213. The molecule has 0 unspecified atom stereocenters. The third-order valence-electron chi connectivity index (χ3n) is 3.41. The molecule has 116 valence electrons. The minimum absolute atomic E-state index is 0.105. The van der Waals surface area contributed by atoms with Gasteiger partial charge >= 0.3 is 0 Å². The van der Waals surface area contributed by atoms with Crippen LogP contribution in [0, 0.1) is 0 Å². The second-order valence-electron chi connectivity index (χ2n) is 5.07. The monoisotopic (exact) mass is 326 g/mol. The number of hydrogen-bond donors (Lipinski definition) is 1. The van der Waals surface area contributed by atoms with Crippen LogP contribution in [-0.2, 0) is 11.3 Å². The molecule has 1 aromatic carbocycles. The predicted molar refractivity (Wildman–Crippen MR) is 87.9 cm³/mol. The van der Waals surface area contributed by atoms with Gasteiger partial charge in [0.05, 0.1) is 12.4 Å². The highest BCUT2D eigenvalue weighted by Crippen LogP contribution is 2.23. The third-order valence-corrected chi connectivity index (χ3v) is 3.66. The number of benzene rings is 1. The zero-order chi connectivity index (χ0) is 16.1. The highest BCUT2D eigenvalue weighted by atomic mass is 35.5. The van der Waals surface area contributed by atoms with Crippen LogP contribution >= 0.6 is 11.6 Å². The summed E-state index contributed by atoms with van der Waals surface area (Å²) in [6.07, 6.45) is 8.46. The molecule has 1 amide bonds. The first kappa shape index (κ1) is 15.2. The van der Waals surface area contributed by atoms with Gasteiger partial charge < -0.3 is 9.88 Å². The predicted octanol–water partition coefficient (Wildman–Crippen LogP) is 2.84. The Morgan fingerprint density at radius 1 is 1.13 bits per heavy atom. The molecule has 2 aromatic heterocycles. The van der Waals surface area contributed by atoms with Crippen molar-refractivity contribution in [3.63, 3.8) is 0 Å². The lowest BCUT2D eigenvalue weighted by atomic mass is 10.00. The molecule has 0 aliphatic heterocycles.